The maximum Gasteiger partial charge on any atom is 0.326 e. The molecule has 6 N–H and O–H groups in total. The van der Waals surface area contributed by atoms with Gasteiger partial charge in [0.15, 0.2) is 5.82 Å². The number of halogens is 1. The molecule has 0 unspecified atom stereocenters. The molecule has 2 rings (SSSR count). The van der Waals surface area contributed by atoms with E-state index in [1.165, 1.54) is 17.3 Å². The van der Waals surface area contributed by atoms with Crippen LogP contribution >= 0.6 is 0 Å². The molecule has 144 valence electrons. The molecular formula is C15H22FN5O4S. The average molecular weight is 387 g/mol. The van der Waals surface area contributed by atoms with Crippen molar-refractivity contribution in [2.75, 3.05) is 17.4 Å². The molecule has 1 heterocycles. The van der Waals surface area contributed by atoms with Crippen molar-refractivity contribution in [3.05, 3.63) is 29.7 Å². The molecule has 9 nitrogen and oxygen atoms in total. The number of carbonyl (C=O) groups excluding carboxylic acids is 1. The van der Waals surface area contributed by atoms with Gasteiger partial charge >= 0.3 is 10.2 Å². The monoisotopic (exact) mass is 387 g/mol. The highest BCUT2D eigenvalue weighted by Crippen LogP contribution is 2.36. The van der Waals surface area contributed by atoms with Crippen molar-refractivity contribution in [3.8, 4) is 5.75 Å². The van der Waals surface area contributed by atoms with Gasteiger partial charge in [-0.2, -0.15) is 8.42 Å². The molecule has 0 radical (unpaired) electrons. The van der Waals surface area contributed by atoms with Crippen LogP contribution < -0.4 is 20.6 Å². The quantitative estimate of drug-likeness (QED) is 0.403. The summed E-state index contributed by atoms with van der Waals surface area (Å²) < 4.78 is 40.9. The molecule has 1 fully saturated rings. The standard InChI is InChI=1S/C15H22FN5O4S/c1-9(2)5-6-20(18)7-11(17)10-3-4-12(22)15(14(10)16)21-8-13(23)19-26(21,24)25/h3-4,7,9,22H,5-6,8,17-18H2,1-2H3,(H,19,23)/b11-7-. The van der Waals surface area contributed by atoms with Gasteiger partial charge in [-0.3, -0.25) is 4.79 Å². The van der Waals surface area contributed by atoms with Crippen LogP contribution in [0.3, 0.4) is 0 Å². The first kappa shape index (κ1) is 19.8. The van der Waals surface area contributed by atoms with Gasteiger partial charge in [-0.05, 0) is 24.5 Å². The largest absolute Gasteiger partial charge is 0.506 e. The fourth-order valence-electron chi connectivity index (χ4n) is 2.38. The van der Waals surface area contributed by atoms with E-state index in [-0.39, 0.29) is 11.3 Å². The van der Waals surface area contributed by atoms with Crippen LogP contribution in [-0.4, -0.2) is 37.5 Å². The zero-order valence-corrected chi connectivity index (χ0v) is 15.3. The fourth-order valence-corrected chi connectivity index (χ4v) is 3.54. The molecule has 0 atom stereocenters. The van der Waals surface area contributed by atoms with E-state index in [2.05, 4.69) is 0 Å². The lowest BCUT2D eigenvalue weighted by atomic mass is 10.1. The smallest absolute Gasteiger partial charge is 0.326 e. The minimum atomic E-state index is -4.28. The number of phenols is 1. The Morgan fingerprint density at radius 3 is 2.69 bits per heavy atom. The van der Waals surface area contributed by atoms with Crippen molar-refractivity contribution >= 4 is 27.5 Å². The molecule has 1 aliphatic rings. The Morgan fingerprint density at radius 2 is 2.15 bits per heavy atom. The van der Waals surface area contributed by atoms with Gasteiger partial charge < -0.3 is 15.8 Å². The molecule has 11 heteroatoms. The minimum Gasteiger partial charge on any atom is -0.506 e. The van der Waals surface area contributed by atoms with Crippen LogP contribution in [0, 0.1) is 11.7 Å². The van der Waals surface area contributed by atoms with Gasteiger partial charge in [0.1, 0.15) is 18.0 Å². The van der Waals surface area contributed by atoms with Crippen molar-refractivity contribution in [2.24, 2.45) is 17.5 Å². The maximum atomic E-state index is 14.9. The number of nitrogens with two attached hydrogens (primary N) is 2. The summed E-state index contributed by atoms with van der Waals surface area (Å²) in [6.45, 7) is 3.90. The van der Waals surface area contributed by atoms with E-state index >= 15 is 0 Å². The van der Waals surface area contributed by atoms with Crippen LogP contribution in [0.25, 0.3) is 5.70 Å². The Morgan fingerprint density at radius 1 is 1.50 bits per heavy atom. The number of benzene rings is 1. The van der Waals surface area contributed by atoms with E-state index in [9.17, 15) is 22.7 Å². The Kier molecular flexibility index (Phi) is 5.62. The summed E-state index contributed by atoms with van der Waals surface area (Å²) in [5.74, 6) is 3.68. The lowest BCUT2D eigenvalue weighted by molar-refractivity contribution is -0.117. The van der Waals surface area contributed by atoms with Crippen LogP contribution in [0.4, 0.5) is 10.1 Å². The molecule has 1 aliphatic heterocycles. The second-order valence-electron chi connectivity index (χ2n) is 6.34. The number of rotatable bonds is 6. The van der Waals surface area contributed by atoms with Gasteiger partial charge in [-0.15, -0.1) is 0 Å². The van der Waals surface area contributed by atoms with Crippen LogP contribution in [-0.2, 0) is 15.0 Å². The number of anilines is 1. The lowest BCUT2D eigenvalue weighted by Crippen LogP contribution is -2.30. The van der Waals surface area contributed by atoms with Crippen molar-refractivity contribution < 1.29 is 22.7 Å². The Hall–Kier alpha value is -2.53. The molecule has 0 aromatic heterocycles. The highest BCUT2D eigenvalue weighted by molar-refractivity contribution is 7.92. The Labute approximate surface area is 151 Å². The minimum absolute atomic E-state index is 0.0501. The van der Waals surface area contributed by atoms with Gasteiger partial charge in [-0.25, -0.2) is 19.3 Å². The Balaban J connectivity index is 2.39. The summed E-state index contributed by atoms with van der Waals surface area (Å²) in [7, 11) is -4.28. The van der Waals surface area contributed by atoms with Crippen molar-refractivity contribution in [3.63, 3.8) is 0 Å². The number of hydrogen-bond donors (Lipinski definition) is 4. The number of amides is 1. The summed E-state index contributed by atoms with van der Waals surface area (Å²) in [5, 5.41) is 11.2. The number of hydrazine groups is 1. The normalized spacial score (nSPS) is 16.9. The summed E-state index contributed by atoms with van der Waals surface area (Å²) in [5.41, 5.74) is 5.04. The molecular weight excluding hydrogens is 365 g/mol. The van der Waals surface area contributed by atoms with E-state index < -0.39 is 39.9 Å². The SMILES string of the molecule is CC(C)CCN(N)/C=C(\N)c1ccc(O)c(N2CC(=O)NS2(=O)=O)c1F. The van der Waals surface area contributed by atoms with Gasteiger partial charge in [0.25, 0.3) is 5.91 Å². The van der Waals surface area contributed by atoms with Crippen LogP contribution in [0.15, 0.2) is 18.3 Å². The topological polar surface area (TPSA) is 142 Å². The van der Waals surface area contributed by atoms with Gasteiger partial charge in [0.05, 0.1) is 5.70 Å². The number of nitrogens with one attached hydrogen (secondary N) is 1. The first-order valence-corrected chi connectivity index (χ1v) is 9.30. The number of carbonyl (C=O) groups is 1. The lowest BCUT2D eigenvalue weighted by Gasteiger charge is -2.20. The third-order valence-electron chi connectivity index (χ3n) is 3.74. The van der Waals surface area contributed by atoms with Crippen LogP contribution in [0.2, 0.25) is 0 Å². The summed E-state index contributed by atoms with van der Waals surface area (Å²) in [6.07, 6.45) is 2.12. The van der Waals surface area contributed by atoms with Gasteiger partial charge in [0, 0.05) is 18.3 Å². The van der Waals surface area contributed by atoms with Crippen LogP contribution in [0.5, 0.6) is 5.75 Å². The second kappa shape index (κ2) is 7.38. The zero-order chi connectivity index (χ0) is 19.6. The van der Waals surface area contributed by atoms with E-state index in [1.54, 1.807) is 4.72 Å². The fraction of sp³-hybridized carbons (Fsp3) is 0.400. The van der Waals surface area contributed by atoms with E-state index in [0.29, 0.717) is 16.8 Å². The van der Waals surface area contributed by atoms with Crippen LogP contribution in [0.1, 0.15) is 25.8 Å². The van der Waals surface area contributed by atoms with Crippen molar-refractivity contribution in [2.45, 2.75) is 20.3 Å². The third kappa shape index (κ3) is 4.17. The number of phenolic OH excluding ortho intramolecular Hbond substituents is 1. The average Bonchev–Trinajstić information content (AvgIpc) is 2.77. The molecule has 1 saturated heterocycles. The highest BCUT2D eigenvalue weighted by Gasteiger charge is 2.38. The molecule has 1 aromatic rings. The van der Waals surface area contributed by atoms with Gasteiger partial charge in [0.2, 0.25) is 0 Å². The number of aromatic hydroxyl groups is 1. The van der Waals surface area contributed by atoms with E-state index in [0.717, 1.165) is 12.5 Å². The van der Waals surface area contributed by atoms with Crippen molar-refractivity contribution in [1.82, 2.24) is 9.73 Å². The number of nitrogens with zero attached hydrogens (tertiary/aromatic N) is 2. The van der Waals surface area contributed by atoms with Gasteiger partial charge in [-0.1, -0.05) is 13.8 Å². The first-order chi connectivity index (χ1) is 12.0. The molecule has 0 spiro atoms. The third-order valence-corrected chi connectivity index (χ3v) is 5.12. The molecule has 0 aliphatic carbocycles. The number of hydrogen-bond acceptors (Lipinski definition) is 7. The van der Waals surface area contributed by atoms with Crippen molar-refractivity contribution in [1.29, 1.82) is 0 Å². The zero-order valence-electron chi connectivity index (χ0n) is 14.4. The van der Waals surface area contributed by atoms with E-state index in [1.807, 2.05) is 13.8 Å². The first-order valence-electron chi connectivity index (χ1n) is 7.86. The maximum absolute atomic E-state index is 14.9. The predicted octanol–water partition coefficient (Wildman–Crippen LogP) is 0.191. The molecule has 1 aromatic carbocycles. The summed E-state index contributed by atoms with van der Waals surface area (Å²) >= 11 is 0. The molecule has 1 amide bonds. The highest BCUT2D eigenvalue weighted by atomic mass is 32.2. The summed E-state index contributed by atoms with van der Waals surface area (Å²) in [4.78, 5) is 11.4. The van der Waals surface area contributed by atoms with E-state index in [4.69, 9.17) is 11.6 Å². The molecule has 0 bridgehead atoms. The molecule has 0 saturated carbocycles. The second-order valence-corrected chi connectivity index (χ2v) is 7.93. The predicted molar refractivity (Wildman–Crippen MR) is 95.0 cm³/mol. The Bertz CT molecular complexity index is 841. The molecule has 26 heavy (non-hydrogen) atoms. The summed E-state index contributed by atoms with van der Waals surface area (Å²) in [6, 6.07) is 2.30.